The lowest BCUT2D eigenvalue weighted by Gasteiger charge is -2.45. The van der Waals surface area contributed by atoms with Crippen molar-refractivity contribution in [1.82, 2.24) is 15.1 Å². The summed E-state index contributed by atoms with van der Waals surface area (Å²) in [6.45, 7) is 26.0. The van der Waals surface area contributed by atoms with Gasteiger partial charge in [-0.1, -0.05) is 54.4 Å². The van der Waals surface area contributed by atoms with Crippen molar-refractivity contribution >= 4 is 0 Å². The Bertz CT molecular complexity index is 608. The Morgan fingerprint density at radius 3 is 1.89 bits per heavy atom. The topological polar surface area (TPSA) is 18.5 Å². The Balaban J connectivity index is 1.40. The van der Waals surface area contributed by atoms with Crippen molar-refractivity contribution in [2.45, 2.75) is 157 Å². The zero-order chi connectivity index (χ0) is 26.4. The molecule has 2 saturated heterocycles. The van der Waals surface area contributed by atoms with Gasteiger partial charge in [-0.05, 0) is 121 Å². The van der Waals surface area contributed by atoms with Crippen LogP contribution in [0.4, 0.5) is 0 Å². The van der Waals surface area contributed by atoms with Crippen LogP contribution in [0.2, 0.25) is 0 Å². The van der Waals surface area contributed by atoms with E-state index in [4.69, 9.17) is 0 Å². The summed E-state index contributed by atoms with van der Waals surface area (Å²) < 4.78 is 0. The second kappa shape index (κ2) is 14.3. The molecule has 6 unspecified atom stereocenters. The highest BCUT2D eigenvalue weighted by atomic mass is 15.2. The first-order chi connectivity index (χ1) is 17.0. The molecule has 3 nitrogen and oxygen atoms in total. The Kier molecular flexibility index (Phi) is 12.1. The summed E-state index contributed by atoms with van der Waals surface area (Å²) in [6, 6.07) is 3.60. The standard InChI is InChI=1S/C33H65N3/c1-23(2)30-17-19-36(25(5)6)33(21-30)20-28(9)35-18-16-31(22-35)27(8)11-10-26(7)29-12-14-32(15-13-29)34-24(3)4/h23-34H,10-22H2,1-9H3/t26?,27?,28?,29-,30?,31?,32+,33?. The number of rotatable bonds is 12. The summed E-state index contributed by atoms with van der Waals surface area (Å²) in [7, 11) is 0. The second-order valence-electron chi connectivity index (χ2n) is 14.6. The van der Waals surface area contributed by atoms with Crippen LogP contribution in [0.25, 0.3) is 0 Å². The van der Waals surface area contributed by atoms with Gasteiger partial charge >= 0.3 is 0 Å². The molecule has 6 atom stereocenters. The van der Waals surface area contributed by atoms with E-state index in [9.17, 15) is 0 Å². The Labute approximate surface area is 226 Å². The van der Waals surface area contributed by atoms with E-state index < -0.39 is 0 Å². The first-order valence-corrected chi connectivity index (χ1v) is 16.3. The molecule has 2 aliphatic heterocycles. The van der Waals surface area contributed by atoms with E-state index in [-0.39, 0.29) is 0 Å². The molecule has 0 aromatic heterocycles. The summed E-state index contributed by atoms with van der Waals surface area (Å²) in [5.41, 5.74) is 0. The fraction of sp³-hybridized carbons (Fsp3) is 1.00. The summed E-state index contributed by atoms with van der Waals surface area (Å²) >= 11 is 0. The normalized spacial score (nSPS) is 33.5. The number of hydrogen-bond acceptors (Lipinski definition) is 3. The highest BCUT2D eigenvalue weighted by Gasteiger charge is 2.35. The molecule has 212 valence electrons. The maximum atomic E-state index is 3.77. The monoisotopic (exact) mass is 504 g/mol. The van der Waals surface area contributed by atoms with Crippen LogP contribution in [0.3, 0.4) is 0 Å². The van der Waals surface area contributed by atoms with Gasteiger partial charge in [0.25, 0.3) is 0 Å². The van der Waals surface area contributed by atoms with Gasteiger partial charge in [0.15, 0.2) is 0 Å². The minimum Gasteiger partial charge on any atom is -0.312 e. The molecule has 0 aromatic carbocycles. The predicted molar refractivity (Wildman–Crippen MR) is 159 cm³/mol. The van der Waals surface area contributed by atoms with Crippen molar-refractivity contribution in [1.29, 1.82) is 0 Å². The smallest absolute Gasteiger partial charge is 0.0115 e. The Morgan fingerprint density at radius 1 is 0.694 bits per heavy atom. The molecular weight excluding hydrogens is 438 g/mol. The minimum absolute atomic E-state index is 0.632. The molecule has 1 N–H and O–H groups in total. The fourth-order valence-corrected chi connectivity index (χ4v) is 8.16. The molecule has 3 heteroatoms. The highest BCUT2D eigenvalue weighted by Crippen LogP contribution is 2.37. The molecule has 2 heterocycles. The third-order valence-electron chi connectivity index (χ3n) is 10.9. The minimum atomic E-state index is 0.632. The van der Waals surface area contributed by atoms with Crippen LogP contribution < -0.4 is 5.32 Å². The summed E-state index contributed by atoms with van der Waals surface area (Å²) in [4.78, 5) is 5.70. The zero-order valence-electron chi connectivity index (χ0n) is 25.9. The maximum absolute atomic E-state index is 3.77. The Morgan fingerprint density at radius 2 is 1.31 bits per heavy atom. The van der Waals surface area contributed by atoms with Gasteiger partial charge in [-0.15, -0.1) is 0 Å². The summed E-state index contributed by atoms with van der Waals surface area (Å²) in [5, 5.41) is 3.77. The van der Waals surface area contributed by atoms with Crippen LogP contribution in [0.15, 0.2) is 0 Å². The van der Waals surface area contributed by atoms with E-state index in [1.165, 1.54) is 83.8 Å². The largest absolute Gasteiger partial charge is 0.312 e. The average Bonchev–Trinajstić information content (AvgIpc) is 3.33. The van der Waals surface area contributed by atoms with E-state index in [1.807, 2.05) is 0 Å². The molecule has 0 radical (unpaired) electrons. The van der Waals surface area contributed by atoms with Crippen molar-refractivity contribution in [2.24, 2.45) is 35.5 Å². The van der Waals surface area contributed by atoms with Gasteiger partial charge in [0.05, 0.1) is 0 Å². The molecular formula is C33H65N3. The SMILES string of the molecule is CC(C)N[C@H]1CC[C@@H](C(C)CCC(C)C2CCN(C(C)CC3CC(C(C)C)CCN3C(C)C)C2)CC1. The number of likely N-dealkylation sites (tertiary alicyclic amines) is 2. The van der Waals surface area contributed by atoms with Gasteiger partial charge in [0.2, 0.25) is 0 Å². The van der Waals surface area contributed by atoms with Crippen LogP contribution in [-0.2, 0) is 0 Å². The van der Waals surface area contributed by atoms with Gasteiger partial charge in [-0.3, -0.25) is 4.90 Å². The van der Waals surface area contributed by atoms with E-state index in [1.54, 1.807) is 0 Å². The molecule has 0 aromatic rings. The number of nitrogens with zero attached hydrogens (tertiary/aromatic N) is 2. The predicted octanol–water partition coefficient (Wildman–Crippen LogP) is 7.84. The van der Waals surface area contributed by atoms with Crippen LogP contribution >= 0.6 is 0 Å². The van der Waals surface area contributed by atoms with Crippen LogP contribution in [0.1, 0.15) is 127 Å². The Hall–Kier alpha value is -0.120. The van der Waals surface area contributed by atoms with E-state index in [0.29, 0.717) is 12.1 Å². The lowest BCUT2D eigenvalue weighted by molar-refractivity contribution is 0.0453. The van der Waals surface area contributed by atoms with Crippen molar-refractivity contribution in [2.75, 3.05) is 19.6 Å². The number of hydrogen-bond donors (Lipinski definition) is 1. The van der Waals surface area contributed by atoms with Crippen LogP contribution in [0, 0.1) is 35.5 Å². The van der Waals surface area contributed by atoms with Crippen molar-refractivity contribution in [3.63, 3.8) is 0 Å². The van der Waals surface area contributed by atoms with Gasteiger partial charge in [0, 0.05) is 36.8 Å². The third kappa shape index (κ3) is 8.70. The van der Waals surface area contributed by atoms with Crippen molar-refractivity contribution < 1.29 is 0 Å². The lowest BCUT2D eigenvalue weighted by atomic mass is 9.75. The molecule has 3 aliphatic rings. The van der Waals surface area contributed by atoms with Crippen molar-refractivity contribution in [3.05, 3.63) is 0 Å². The second-order valence-corrected chi connectivity index (χ2v) is 14.6. The first-order valence-electron chi connectivity index (χ1n) is 16.3. The third-order valence-corrected chi connectivity index (χ3v) is 10.9. The maximum Gasteiger partial charge on any atom is 0.0115 e. The molecule has 3 rings (SSSR count). The fourth-order valence-electron chi connectivity index (χ4n) is 8.16. The average molecular weight is 504 g/mol. The van der Waals surface area contributed by atoms with Gasteiger partial charge < -0.3 is 10.2 Å². The van der Waals surface area contributed by atoms with Gasteiger partial charge in [0.1, 0.15) is 0 Å². The molecule has 0 spiro atoms. The lowest BCUT2D eigenvalue weighted by Crippen LogP contribution is -2.49. The van der Waals surface area contributed by atoms with Crippen molar-refractivity contribution in [3.8, 4) is 0 Å². The number of piperidine rings is 1. The van der Waals surface area contributed by atoms with E-state index in [0.717, 1.165) is 53.6 Å². The summed E-state index contributed by atoms with van der Waals surface area (Å²) in [6.07, 6.45) is 14.2. The van der Waals surface area contributed by atoms with Gasteiger partial charge in [-0.2, -0.15) is 0 Å². The molecule has 36 heavy (non-hydrogen) atoms. The molecule has 1 aliphatic carbocycles. The van der Waals surface area contributed by atoms with Crippen LogP contribution in [0.5, 0.6) is 0 Å². The molecule has 0 amide bonds. The zero-order valence-corrected chi connectivity index (χ0v) is 25.9. The van der Waals surface area contributed by atoms with Gasteiger partial charge in [-0.25, -0.2) is 0 Å². The van der Waals surface area contributed by atoms with Crippen LogP contribution in [-0.4, -0.2) is 59.6 Å². The highest BCUT2D eigenvalue weighted by molar-refractivity contribution is 4.90. The first kappa shape index (κ1) is 30.4. The van der Waals surface area contributed by atoms with E-state index >= 15 is 0 Å². The quantitative estimate of drug-likeness (QED) is 0.292. The van der Waals surface area contributed by atoms with E-state index in [2.05, 4.69) is 77.4 Å². The number of nitrogens with one attached hydrogen (secondary N) is 1. The molecule has 3 fully saturated rings. The molecule has 0 bridgehead atoms. The molecule has 1 saturated carbocycles. The summed E-state index contributed by atoms with van der Waals surface area (Å²) in [5.74, 6) is 5.44.